The van der Waals surface area contributed by atoms with Gasteiger partial charge in [0.05, 0.1) is 14.2 Å². The van der Waals surface area contributed by atoms with Gasteiger partial charge in [0.15, 0.2) is 0 Å². The normalized spacial score (nSPS) is 10.1. The van der Waals surface area contributed by atoms with Crippen LogP contribution >= 0.6 is 0 Å². The van der Waals surface area contributed by atoms with Crippen LogP contribution in [0.2, 0.25) is 0 Å². The third-order valence-electron chi connectivity index (χ3n) is 2.86. The van der Waals surface area contributed by atoms with E-state index in [2.05, 4.69) is 17.2 Å². The Kier molecular flexibility index (Phi) is 4.23. The second kappa shape index (κ2) is 6.09. The molecule has 4 heteroatoms. The molecule has 1 aromatic heterocycles. The number of benzene rings is 1. The Labute approximate surface area is 113 Å². The summed E-state index contributed by atoms with van der Waals surface area (Å²) in [6.45, 7) is 2.12. The van der Waals surface area contributed by atoms with Gasteiger partial charge in [0, 0.05) is 30.1 Å². The largest absolute Gasteiger partial charge is 0.497 e. The van der Waals surface area contributed by atoms with E-state index < -0.39 is 0 Å². The summed E-state index contributed by atoms with van der Waals surface area (Å²) >= 11 is 0. The molecule has 4 nitrogen and oxygen atoms in total. The fourth-order valence-corrected chi connectivity index (χ4v) is 1.79. The smallest absolute Gasteiger partial charge is 0.130 e. The predicted octanol–water partition coefficient (Wildman–Crippen LogP) is 3.40. The lowest BCUT2D eigenvalue weighted by atomic mass is 10.2. The third-order valence-corrected chi connectivity index (χ3v) is 2.86. The summed E-state index contributed by atoms with van der Waals surface area (Å²) in [5.41, 5.74) is 2.13. The van der Waals surface area contributed by atoms with Crippen molar-refractivity contribution in [2.24, 2.45) is 0 Å². The highest BCUT2D eigenvalue weighted by atomic mass is 16.5. The van der Waals surface area contributed by atoms with Crippen LogP contribution in [-0.4, -0.2) is 19.2 Å². The van der Waals surface area contributed by atoms with Gasteiger partial charge in [-0.25, -0.2) is 4.98 Å². The first-order valence-corrected chi connectivity index (χ1v) is 6.20. The van der Waals surface area contributed by atoms with Crippen LogP contribution in [0.15, 0.2) is 36.5 Å². The molecule has 0 amide bonds. The molecule has 100 valence electrons. The number of aromatic nitrogens is 1. The molecule has 0 saturated carbocycles. The van der Waals surface area contributed by atoms with Crippen LogP contribution < -0.4 is 14.8 Å². The van der Waals surface area contributed by atoms with Gasteiger partial charge in [-0.05, 0) is 24.1 Å². The minimum absolute atomic E-state index is 0.744. The van der Waals surface area contributed by atoms with Crippen LogP contribution in [0.4, 0.5) is 11.5 Å². The van der Waals surface area contributed by atoms with Crippen molar-refractivity contribution in [1.82, 2.24) is 4.98 Å². The number of anilines is 2. The van der Waals surface area contributed by atoms with E-state index in [0.29, 0.717) is 0 Å². The van der Waals surface area contributed by atoms with Gasteiger partial charge in [-0.2, -0.15) is 0 Å². The van der Waals surface area contributed by atoms with Gasteiger partial charge in [0.1, 0.15) is 17.3 Å². The summed E-state index contributed by atoms with van der Waals surface area (Å²) in [6, 6.07) is 9.69. The molecule has 0 radical (unpaired) electrons. The van der Waals surface area contributed by atoms with Crippen molar-refractivity contribution in [3.05, 3.63) is 42.1 Å². The van der Waals surface area contributed by atoms with E-state index in [-0.39, 0.29) is 0 Å². The van der Waals surface area contributed by atoms with Crippen LogP contribution in [0.1, 0.15) is 12.5 Å². The first-order chi connectivity index (χ1) is 9.25. The number of hydrogen-bond acceptors (Lipinski definition) is 4. The fourth-order valence-electron chi connectivity index (χ4n) is 1.79. The SMILES string of the molecule is CCc1ccnc(Nc2cc(OC)cc(OC)c2)c1. The Morgan fingerprint density at radius 2 is 1.74 bits per heavy atom. The molecule has 0 fully saturated rings. The van der Waals surface area contributed by atoms with Crippen molar-refractivity contribution < 1.29 is 9.47 Å². The Morgan fingerprint density at radius 3 is 2.32 bits per heavy atom. The molecule has 2 aromatic rings. The Bertz CT molecular complexity index is 533. The maximum atomic E-state index is 5.24. The zero-order valence-electron chi connectivity index (χ0n) is 11.4. The van der Waals surface area contributed by atoms with Crippen molar-refractivity contribution in [2.75, 3.05) is 19.5 Å². The lowest BCUT2D eigenvalue weighted by Gasteiger charge is -2.10. The minimum Gasteiger partial charge on any atom is -0.497 e. The number of aryl methyl sites for hydroxylation is 1. The molecule has 0 aliphatic heterocycles. The second-order valence-corrected chi connectivity index (χ2v) is 4.13. The van der Waals surface area contributed by atoms with E-state index in [9.17, 15) is 0 Å². The molecule has 2 rings (SSSR count). The Balaban J connectivity index is 2.26. The molecule has 1 heterocycles. The van der Waals surface area contributed by atoms with Crippen molar-refractivity contribution in [2.45, 2.75) is 13.3 Å². The van der Waals surface area contributed by atoms with E-state index in [1.165, 1.54) is 5.56 Å². The predicted molar refractivity (Wildman–Crippen MR) is 76.4 cm³/mol. The maximum Gasteiger partial charge on any atom is 0.130 e. The zero-order valence-corrected chi connectivity index (χ0v) is 11.4. The zero-order chi connectivity index (χ0) is 13.7. The van der Waals surface area contributed by atoms with Gasteiger partial charge >= 0.3 is 0 Å². The minimum atomic E-state index is 0.744. The van der Waals surface area contributed by atoms with E-state index in [4.69, 9.17) is 9.47 Å². The summed E-state index contributed by atoms with van der Waals surface area (Å²) in [4.78, 5) is 4.30. The number of hydrogen-bond donors (Lipinski definition) is 1. The lowest BCUT2D eigenvalue weighted by molar-refractivity contribution is 0.395. The number of nitrogens with one attached hydrogen (secondary N) is 1. The number of rotatable bonds is 5. The molecule has 0 aliphatic rings. The Morgan fingerprint density at radius 1 is 1.05 bits per heavy atom. The molecule has 19 heavy (non-hydrogen) atoms. The summed E-state index contributed by atoms with van der Waals surface area (Å²) in [5.74, 6) is 2.30. The first-order valence-electron chi connectivity index (χ1n) is 6.20. The number of ether oxygens (including phenoxy) is 2. The molecule has 0 atom stereocenters. The number of pyridine rings is 1. The van der Waals surface area contributed by atoms with Gasteiger partial charge < -0.3 is 14.8 Å². The molecule has 0 spiro atoms. The highest BCUT2D eigenvalue weighted by Gasteiger charge is 2.03. The summed E-state index contributed by atoms with van der Waals surface area (Å²) < 4.78 is 10.5. The topological polar surface area (TPSA) is 43.4 Å². The molecule has 0 aliphatic carbocycles. The molecule has 0 unspecified atom stereocenters. The quantitative estimate of drug-likeness (QED) is 0.892. The van der Waals surface area contributed by atoms with Crippen LogP contribution in [0, 0.1) is 0 Å². The standard InChI is InChI=1S/C15H18N2O2/c1-4-11-5-6-16-15(7-11)17-12-8-13(18-2)10-14(9-12)19-3/h5-10H,4H2,1-3H3,(H,16,17). The lowest BCUT2D eigenvalue weighted by Crippen LogP contribution is -1.96. The van der Waals surface area contributed by atoms with Crippen molar-refractivity contribution in [3.8, 4) is 11.5 Å². The van der Waals surface area contributed by atoms with Gasteiger partial charge in [-0.1, -0.05) is 6.92 Å². The molecule has 0 bridgehead atoms. The van der Waals surface area contributed by atoms with Crippen LogP contribution in [0.3, 0.4) is 0 Å². The molecular weight excluding hydrogens is 240 g/mol. The van der Waals surface area contributed by atoms with Crippen molar-refractivity contribution in [3.63, 3.8) is 0 Å². The highest BCUT2D eigenvalue weighted by Crippen LogP contribution is 2.27. The maximum absolute atomic E-state index is 5.24. The van der Waals surface area contributed by atoms with Gasteiger partial charge in [0.2, 0.25) is 0 Å². The number of nitrogens with zero attached hydrogens (tertiary/aromatic N) is 1. The monoisotopic (exact) mass is 258 g/mol. The average molecular weight is 258 g/mol. The highest BCUT2D eigenvalue weighted by molar-refractivity contribution is 5.61. The fraction of sp³-hybridized carbons (Fsp3) is 0.267. The summed E-state index contributed by atoms with van der Waals surface area (Å²) in [6.07, 6.45) is 2.79. The van der Waals surface area contributed by atoms with Crippen molar-refractivity contribution >= 4 is 11.5 Å². The molecular formula is C15H18N2O2. The number of methoxy groups -OCH3 is 2. The molecule has 0 saturated heterocycles. The van der Waals surface area contributed by atoms with Gasteiger partial charge in [-0.15, -0.1) is 0 Å². The Hall–Kier alpha value is -2.23. The van der Waals surface area contributed by atoms with Crippen LogP contribution in [-0.2, 0) is 6.42 Å². The van der Waals surface area contributed by atoms with E-state index in [0.717, 1.165) is 29.4 Å². The summed E-state index contributed by atoms with van der Waals surface area (Å²) in [5, 5.41) is 3.26. The van der Waals surface area contributed by atoms with Gasteiger partial charge in [0.25, 0.3) is 0 Å². The van der Waals surface area contributed by atoms with Crippen LogP contribution in [0.25, 0.3) is 0 Å². The van der Waals surface area contributed by atoms with Gasteiger partial charge in [-0.3, -0.25) is 0 Å². The summed E-state index contributed by atoms with van der Waals surface area (Å²) in [7, 11) is 3.27. The van der Waals surface area contributed by atoms with Crippen LogP contribution in [0.5, 0.6) is 11.5 Å². The molecule has 1 N–H and O–H groups in total. The average Bonchev–Trinajstić information content (AvgIpc) is 2.47. The van der Waals surface area contributed by atoms with E-state index >= 15 is 0 Å². The van der Waals surface area contributed by atoms with E-state index in [1.54, 1.807) is 20.4 Å². The third kappa shape index (κ3) is 3.37. The van der Waals surface area contributed by atoms with E-state index in [1.807, 2.05) is 30.3 Å². The second-order valence-electron chi connectivity index (χ2n) is 4.13. The van der Waals surface area contributed by atoms with Crippen molar-refractivity contribution in [1.29, 1.82) is 0 Å². The molecule has 1 aromatic carbocycles. The first kappa shape index (κ1) is 13.2.